The number of rotatable bonds is 18. The predicted octanol–water partition coefficient (Wildman–Crippen LogP) is -3.22. The van der Waals surface area contributed by atoms with Crippen molar-refractivity contribution >= 4 is 77.0 Å². The zero-order valence-corrected chi connectivity index (χ0v) is 41.1. The number of nitrogens with one attached hydrogen (secondary N) is 9. The fourth-order valence-corrected chi connectivity index (χ4v) is 7.27. The minimum absolute atomic E-state index is 0.0549. The zero-order chi connectivity index (χ0) is 55.1. The van der Waals surface area contributed by atoms with Gasteiger partial charge in [0.1, 0.15) is 48.3 Å². The predicted molar refractivity (Wildman–Crippen MR) is 252 cm³/mol. The van der Waals surface area contributed by atoms with Gasteiger partial charge in [0.25, 0.3) is 0 Å². The van der Waals surface area contributed by atoms with E-state index in [1.54, 1.807) is 58.0 Å². The van der Waals surface area contributed by atoms with Gasteiger partial charge in [-0.2, -0.15) is 0 Å². The Labute approximate surface area is 419 Å². The minimum atomic E-state index is -2.01. The molecule has 0 spiro atoms. The number of carboxylic acids is 4. The molecule has 1 aliphatic heterocycles. The Morgan fingerprint density at radius 2 is 0.822 bits per heavy atom. The van der Waals surface area contributed by atoms with Gasteiger partial charge < -0.3 is 73.4 Å². The molecule has 0 aliphatic carbocycles. The van der Waals surface area contributed by atoms with Crippen LogP contribution in [0.1, 0.15) is 98.0 Å². The van der Waals surface area contributed by atoms with Crippen LogP contribution in [-0.2, 0) is 68.7 Å². The number of aliphatic carboxylic acids is 4. The van der Waals surface area contributed by atoms with E-state index in [4.69, 9.17) is 0 Å². The van der Waals surface area contributed by atoms with Gasteiger partial charge >= 0.3 is 23.9 Å². The number of aliphatic hydroxyl groups excluding tert-OH is 1. The maximum Gasteiger partial charge on any atom is 0.305 e. The van der Waals surface area contributed by atoms with Crippen molar-refractivity contribution in [2.24, 2.45) is 11.8 Å². The van der Waals surface area contributed by atoms with Crippen molar-refractivity contribution in [2.75, 3.05) is 6.54 Å². The summed E-state index contributed by atoms with van der Waals surface area (Å²) in [6.45, 7) is 6.84. The number of carboxylic acid groups (broad SMARTS) is 4. The summed E-state index contributed by atoms with van der Waals surface area (Å²) >= 11 is 0. The van der Waals surface area contributed by atoms with Crippen molar-refractivity contribution in [2.45, 2.75) is 153 Å². The Bertz CT molecular complexity index is 2170. The third-order valence-corrected chi connectivity index (χ3v) is 11.0. The number of carbonyl (C=O) groups excluding carboxylic acids is 9. The van der Waals surface area contributed by atoms with Crippen LogP contribution in [0.15, 0.2) is 30.3 Å². The topological polar surface area (TPSA) is 431 Å². The maximum absolute atomic E-state index is 14.2. The molecule has 0 saturated carbocycles. The zero-order valence-electron chi connectivity index (χ0n) is 41.1. The summed E-state index contributed by atoms with van der Waals surface area (Å²) in [6.07, 6.45) is -7.53. The SMILES string of the molecule is CC(C)C[C@@H]1NC(=O)[C@H](Cc2ccccc2)NC(=O)[C@H](CCC(=O)O)NC(=O)CNC(=O)[C@H]([C@@H](C)O)NC(=O)[C@H](CCC(=O)O)NC(=O)[C@H](CCC(=O)O)NC(=O)[C@H](CC(=O)O)NC(=O)[C@H](CC(C)C)NC1=O. The molecule has 9 atom stereocenters. The Kier molecular flexibility index (Phi) is 25.4. The van der Waals surface area contributed by atoms with Crippen molar-refractivity contribution in [1.82, 2.24) is 47.9 Å². The summed E-state index contributed by atoms with van der Waals surface area (Å²) < 4.78 is 0. The van der Waals surface area contributed by atoms with Crippen LogP contribution >= 0.6 is 0 Å². The second-order valence-corrected chi connectivity index (χ2v) is 18.3. The number of aliphatic hydroxyl groups is 1. The lowest BCUT2D eigenvalue weighted by Crippen LogP contribution is -2.61. The molecule has 0 bridgehead atoms. The average molecular weight is 1030 g/mol. The number of hydrogen-bond acceptors (Lipinski definition) is 14. The standard InChI is InChI=1S/C46H67N9O18/c1-22(2)17-29-42(69)51-30(18-23(3)4)43(70)54-32(20-37(64)65)45(72)50-27(12-15-35(60)61)40(67)49-28(13-16-36(62)63)41(68)55-38(24(5)56)46(73)47-21-33(57)48-26(11-14-34(58)59)39(66)53-31(44(71)52-29)19-25-9-7-6-8-10-25/h6-10,22-24,26-32,38,56H,11-21H2,1-5H3,(H,47,73)(H,48,57)(H,49,67)(H,50,72)(H,51,69)(H,52,71)(H,53,66)(H,54,70)(H,55,68)(H,58,59)(H,60,61)(H,62,63)(H,64,65)/t24-,26+,27+,28+,29+,30+,31+,32+,38+/m1/s1. The summed E-state index contributed by atoms with van der Waals surface area (Å²) in [7, 11) is 0. The highest BCUT2D eigenvalue weighted by Gasteiger charge is 2.37. The van der Waals surface area contributed by atoms with Crippen molar-refractivity contribution < 1.29 is 87.9 Å². The van der Waals surface area contributed by atoms with Gasteiger partial charge in [0.15, 0.2) is 0 Å². The van der Waals surface area contributed by atoms with Crippen molar-refractivity contribution in [3.63, 3.8) is 0 Å². The van der Waals surface area contributed by atoms with Crippen LogP contribution in [0.25, 0.3) is 0 Å². The summed E-state index contributed by atoms with van der Waals surface area (Å²) in [4.78, 5) is 171. The molecule has 1 heterocycles. The van der Waals surface area contributed by atoms with Crippen LogP contribution < -0.4 is 47.9 Å². The van der Waals surface area contributed by atoms with Gasteiger partial charge in [0, 0.05) is 25.7 Å². The van der Waals surface area contributed by atoms with Gasteiger partial charge in [-0.05, 0) is 56.4 Å². The Balaban J connectivity index is 2.83. The van der Waals surface area contributed by atoms with Crippen molar-refractivity contribution in [3.8, 4) is 0 Å². The highest BCUT2D eigenvalue weighted by molar-refractivity contribution is 5.99. The maximum atomic E-state index is 14.2. The van der Waals surface area contributed by atoms with E-state index in [0.717, 1.165) is 6.92 Å². The van der Waals surface area contributed by atoms with Gasteiger partial charge in [-0.1, -0.05) is 58.0 Å². The number of carbonyl (C=O) groups is 13. The normalized spacial score (nSPS) is 24.2. The second kappa shape index (κ2) is 30.2. The molecule has 9 amide bonds. The van der Waals surface area contributed by atoms with E-state index in [2.05, 4.69) is 47.9 Å². The smallest absolute Gasteiger partial charge is 0.305 e. The molecule has 27 nitrogen and oxygen atoms in total. The van der Waals surface area contributed by atoms with E-state index >= 15 is 0 Å². The fraction of sp³-hybridized carbons (Fsp3) is 0.587. The molecule has 0 unspecified atom stereocenters. The first-order valence-electron chi connectivity index (χ1n) is 23.5. The Morgan fingerprint density at radius 3 is 1.23 bits per heavy atom. The average Bonchev–Trinajstić information content (AvgIpc) is 3.29. The Hall–Kier alpha value is -7.71. The van der Waals surface area contributed by atoms with Gasteiger partial charge in [-0.3, -0.25) is 62.3 Å². The Morgan fingerprint density at radius 1 is 0.466 bits per heavy atom. The van der Waals surface area contributed by atoms with E-state index in [-0.39, 0.29) is 31.1 Å². The van der Waals surface area contributed by atoms with E-state index in [9.17, 15) is 87.9 Å². The molecule has 73 heavy (non-hydrogen) atoms. The van der Waals surface area contributed by atoms with E-state index in [1.165, 1.54) is 0 Å². The fourth-order valence-electron chi connectivity index (χ4n) is 7.27. The lowest BCUT2D eigenvalue weighted by atomic mass is 9.98. The minimum Gasteiger partial charge on any atom is -0.481 e. The highest BCUT2D eigenvalue weighted by Crippen LogP contribution is 2.13. The monoisotopic (exact) mass is 1030 g/mol. The third kappa shape index (κ3) is 22.9. The van der Waals surface area contributed by atoms with Crippen LogP contribution in [0.5, 0.6) is 0 Å². The molecule has 404 valence electrons. The van der Waals surface area contributed by atoms with Crippen molar-refractivity contribution in [1.29, 1.82) is 0 Å². The second-order valence-electron chi connectivity index (χ2n) is 18.3. The van der Waals surface area contributed by atoms with Crippen LogP contribution in [0, 0.1) is 11.8 Å². The quantitative estimate of drug-likeness (QED) is 0.0688. The molecule has 2 rings (SSSR count). The van der Waals surface area contributed by atoms with Crippen molar-refractivity contribution in [3.05, 3.63) is 35.9 Å². The molecule has 1 aliphatic rings. The molecule has 0 aromatic heterocycles. The first-order valence-corrected chi connectivity index (χ1v) is 23.5. The number of hydrogen-bond donors (Lipinski definition) is 14. The van der Waals surface area contributed by atoms with Crippen LogP contribution in [0.4, 0.5) is 0 Å². The first-order chi connectivity index (χ1) is 34.2. The molecule has 14 N–H and O–H groups in total. The number of amides is 9. The highest BCUT2D eigenvalue weighted by atomic mass is 16.4. The lowest BCUT2D eigenvalue weighted by Gasteiger charge is -2.28. The summed E-state index contributed by atoms with van der Waals surface area (Å²) in [5.74, 6) is -17.0. The van der Waals surface area contributed by atoms with E-state index < -0.39 is 183 Å². The molecular weight excluding hydrogens is 967 g/mol. The first kappa shape index (κ1) is 61.4. The van der Waals surface area contributed by atoms with Gasteiger partial charge in [-0.25, -0.2) is 0 Å². The van der Waals surface area contributed by atoms with Gasteiger partial charge in [-0.15, -0.1) is 0 Å². The molecule has 0 radical (unpaired) electrons. The summed E-state index contributed by atoms with van der Waals surface area (Å²) in [5.41, 5.74) is 0.506. The lowest BCUT2D eigenvalue weighted by molar-refractivity contribution is -0.142. The van der Waals surface area contributed by atoms with E-state index in [1.807, 2.05) is 0 Å². The van der Waals surface area contributed by atoms with Crippen LogP contribution in [0.2, 0.25) is 0 Å². The summed E-state index contributed by atoms with van der Waals surface area (Å²) in [6, 6.07) is -5.64. The summed E-state index contributed by atoms with van der Waals surface area (Å²) in [5, 5.41) is 69.5. The molecule has 1 fully saturated rings. The molecule has 27 heteroatoms. The van der Waals surface area contributed by atoms with Crippen LogP contribution in [0.3, 0.4) is 0 Å². The van der Waals surface area contributed by atoms with Crippen LogP contribution in [-0.4, -0.2) is 164 Å². The van der Waals surface area contributed by atoms with Gasteiger partial charge in [0.2, 0.25) is 53.2 Å². The van der Waals surface area contributed by atoms with Gasteiger partial charge in [0.05, 0.1) is 19.1 Å². The third-order valence-electron chi connectivity index (χ3n) is 11.0. The molecule has 1 aromatic carbocycles. The molecule has 1 saturated heterocycles. The molecule has 1 aromatic rings. The largest absolute Gasteiger partial charge is 0.481 e. The number of benzene rings is 1. The molecular formula is C46H67N9O18. The van der Waals surface area contributed by atoms with E-state index in [0.29, 0.717) is 5.56 Å².